The van der Waals surface area contributed by atoms with Crippen LogP contribution in [0, 0.1) is 5.82 Å². The average Bonchev–Trinajstić information content (AvgIpc) is 2.84. The first-order valence-corrected chi connectivity index (χ1v) is 11.9. The van der Waals surface area contributed by atoms with Crippen LogP contribution in [0.4, 0.5) is 4.39 Å². The van der Waals surface area contributed by atoms with Crippen LogP contribution >= 0.6 is 11.8 Å². The van der Waals surface area contributed by atoms with Crippen LogP contribution in [0.2, 0.25) is 0 Å². The van der Waals surface area contributed by atoms with E-state index in [1.807, 2.05) is 37.3 Å². The molecule has 1 atom stereocenters. The van der Waals surface area contributed by atoms with Crippen LogP contribution in [0.5, 0.6) is 0 Å². The molecule has 0 saturated carbocycles. The maximum absolute atomic E-state index is 14.5. The maximum Gasteiger partial charge on any atom is 0.149 e. The summed E-state index contributed by atoms with van der Waals surface area (Å²) in [5.74, 6) is -0.251. The number of hydrogen-bond donors (Lipinski definition) is 0. The van der Waals surface area contributed by atoms with E-state index in [0.29, 0.717) is 26.4 Å². The fourth-order valence-corrected chi connectivity index (χ4v) is 4.95. The lowest BCUT2D eigenvalue weighted by molar-refractivity contribution is -0.0950. The molecule has 2 aromatic rings. The predicted octanol–water partition coefficient (Wildman–Crippen LogP) is 5.87. The molecule has 2 heterocycles. The molecule has 0 aliphatic carbocycles. The molecule has 2 fully saturated rings. The van der Waals surface area contributed by atoms with Crippen molar-refractivity contribution in [2.75, 3.05) is 33.5 Å². The van der Waals surface area contributed by atoms with Gasteiger partial charge < -0.3 is 19.0 Å². The van der Waals surface area contributed by atoms with Gasteiger partial charge in [-0.05, 0) is 48.4 Å². The van der Waals surface area contributed by atoms with Gasteiger partial charge in [-0.1, -0.05) is 29.1 Å². The highest BCUT2D eigenvalue weighted by atomic mass is 32.2. The Morgan fingerprint density at radius 2 is 1.66 bits per heavy atom. The summed E-state index contributed by atoms with van der Waals surface area (Å²) >= 11 is 1.54. The van der Waals surface area contributed by atoms with Crippen LogP contribution in [0.1, 0.15) is 49.8 Å². The van der Waals surface area contributed by atoms with E-state index in [1.54, 1.807) is 19.2 Å². The third-order valence-electron chi connectivity index (χ3n) is 6.08. The molecule has 32 heavy (non-hydrogen) atoms. The molecule has 1 unspecified atom stereocenters. The molecular weight excluding hydrogens is 429 g/mol. The smallest absolute Gasteiger partial charge is 0.149 e. The van der Waals surface area contributed by atoms with Gasteiger partial charge in [0.1, 0.15) is 11.9 Å². The van der Waals surface area contributed by atoms with E-state index in [0.717, 1.165) is 52.3 Å². The SMILES string of the molecule is COC1(c2cc(F)cc(Sc3ccc(C(C)ON=C4CCOCC4)cc3)c2)CCOCC1. The molecular formula is C25H30FNO4S. The van der Waals surface area contributed by atoms with Crippen molar-refractivity contribution in [2.45, 2.75) is 54.1 Å². The molecule has 0 radical (unpaired) electrons. The van der Waals surface area contributed by atoms with Crippen LogP contribution in [-0.4, -0.2) is 39.2 Å². The zero-order chi connectivity index (χ0) is 22.4. The number of halogens is 1. The molecule has 2 aliphatic rings. The fraction of sp³-hybridized carbons (Fsp3) is 0.480. The predicted molar refractivity (Wildman–Crippen MR) is 123 cm³/mol. The summed E-state index contributed by atoms with van der Waals surface area (Å²) in [6, 6.07) is 13.3. The quantitative estimate of drug-likeness (QED) is 0.485. The van der Waals surface area contributed by atoms with Gasteiger partial charge in [0.15, 0.2) is 0 Å². The van der Waals surface area contributed by atoms with Gasteiger partial charge in [-0.3, -0.25) is 0 Å². The van der Waals surface area contributed by atoms with Crippen LogP contribution in [-0.2, 0) is 24.6 Å². The Balaban J connectivity index is 1.43. The number of benzene rings is 2. The van der Waals surface area contributed by atoms with E-state index in [-0.39, 0.29) is 11.9 Å². The van der Waals surface area contributed by atoms with Crippen molar-refractivity contribution in [3.05, 3.63) is 59.4 Å². The minimum Gasteiger partial charge on any atom is -0.388 e. The number of oxime groups is 1. The Kier molecular flexibility index (Phi) is 7.84. The summed E-state index contributed by atoms with van der Waals surface area (Å²) in [5.41, 5.74) is 2.48. The first-order valence-electron chi connectivity index (χ1n) is 11.1. The second kappa shape index (κ2) is 10.8. The highest BCUT2D eigenvalue weighted by Crippen LogP contribution is 2.39. The molecule has 0 bridgehead atoms. The highest BCUT2D eigenvalue weighted by Gasteiger charge is 2.35. The first-order chi connectivity index (χ1) is 15.6. The molecule has 7 heteroatoms. The molecule has 4 rings (SSSR count). The Morgan fingerprint density at radius 1 is 0.969 bits per heavy atom. The van der Waals surface area contributed by atoms with Gasteiger partial charge in [-0.15, -0.1) is 0 Å². The van der Waals surface area contributed by atoms with Crippen molar-refractivity contribution in [3.63, 3.8) is 0 Å². The first kappa shape index (κ1) is 23.2. The van der Waals surface area contributed by atoms with Crippen molar-refractivity contribution in [2.24, 2.45) is 5.16 Å². The normalized spacial score (nSPS) is 19.4. The van der Waals surface area contributed by atoms with E-state index in [2.05, 4.69) is 5.16 Å². The summed E-state index contributed by atoms with van der Waals surface area (Å²) in [7, 11) is 1.69. The van der Waals surface area contributed by atoms with Crippen molar-refractivity contribution < 1.29 is 23.4 Å². The highest BCUT2D eigenvalue weighted by molar-refractivity contribution is 7.99. The third-order valence-corrected chi connectivity index (χ3v) is 7.06. The molecule has 2 aliphatic heterocycles. The molecule has 0 aromatic heterocycles. The van der Waals surface area contributed by atoms with Crippen molar-refractivity contribution in [3.8, 4) is 0 Å². The number of hydrogen-bond acceptors (Lipinski definition) is 6. The minimum absolute atomic E-state index is 0.139. The largest absolute Gasteiger partial charge is 0.388 e. The van der Waals surface area contributed by atoms with Crippen LogP contribution in [0.25, 0.3) is 0 Å². The Hall–Kier alpha value is -1.93. The average molecular weight is 460 g/mol. The van der Waals surface area contributed by atoms with Gasteiger partial charge in [-0.2, -0.15) is 0 Å². The lowest BCUT2D eigenvalue weighted by Crippen LogP contribution is -2.35. The second-order valence-corrected chi connectivity index (χ2v) is 9.32. The molecule has 0 spiro atoms. The van der Waals surface area contributed by atoms with Crippen molar-refractivity contribution in [1.29, 1.82) is 0 Å². The van der Waals surface area contributed by atoms with Gasteiger partial charge in [-0.25, -0.2) is 4.39 Å². The van der Waals surface area contributed by atoms with E-state index >= 15 is 0 Å². The number of methoxy groups -OCH3 is 1. The summed E-state index contributed by atoms with van der Waals surface area (Å²) in [4.78, 5) is 7.59. The van der Waals surface area contributed by atoms with Gasteiger partial charge in [0, 0.05) is 55.8 Å². The monoisotopic (exact) mass is 459 g/mol. The van der Waals surface area contributed by atoms with Crippen LogP contribution < -0.4 is 0 Å². The number of ether oxygens (including phenoxy) is 3. The Morgan fingerprint density at radius 3 is 2.34 bits per heavy atom. The molecule has 2 aromatic carbocycles. The molecule has 172 valence electrons. The summed E-state index contributed by atoms with van der Waals surface area (Å²) in [6.07, 6.45) is 2.96. The standard InChI is InChI=1S/C25H30FNO4S/c1-18(31-27-22-7-11-29-12-8-22)19-3-5-23(6-4-19)32-24-16-20(15-21(26)17-24)25(28-2)9-13-30-14-10-25/h3-6,15-18H,7-14H2,1-2H3. The lowest BCUT2D eigenvalue weighted by Gasteiger charge is -2.36. The van der Waals surface area contributed by atoms with E-state index in [1.165, 1.54) is 11.8 Å². The topological polar surface area (TPSA) is 49.3 Å². The van der Waals surface area contributed by atoms with Gasteiger partial charge >= 0.3 is 0 Å². The van der Waals surface area contributed by atoms with Gasteiger partial charge in [0.25, 0.3) is 0 Å². The summed E-state index contributed by atoms with van der Waals surface area (Å²) in [5, 5.41) is 4.30. The second-order valence-electron chi connectivity index (χ2n) is 8.18. The maximum atomic E-state index is 14.5. The van der Waals surface area contributed by atoms with Gasteiger partial charge in [0.2, 0.25) is 0 Å². The number of rotatable bonds is 7. The molecule has 2 saturated heterocycles. The fourth-order valence-electron chi connectivity index (χ4n) is 4.05. The molecule has 5 nitrogen and oxygen atoms in total. The van der Waals surface area contributed by atoms with E-state index in [9.17, 15) is 4.39 Å². The summed E-state index contributed by atoms with van der Waals surface area (Å²) < 4.78 is 31.1. The number of nitrogens with zero attached hydrogens (tertiary/aromatic N) is 1. The van der Waals surface area contributed by atoms with Crippen LogP contribution in [0.3, 0.4) is 0 Å². The third kappa shape index (κ3) is 5.70. The zero-order valence-corrected chi connectivity index (χ0v) is 19.5. The lowest BCUT2D eigenvalue weighted by atomic mass is 9.86. The molecule has 0 N–H and O–H groups in total. The van der Waals surface area contributed by atoms with Crippen molar-refractivity contribution >= 4 is 17.5 Å². The summed E-state index contributed by atoms with van der Waals surface area (Å²) in [6.45, 7) is 4.65. The van der Waals surface area contributed by atoms with E-state index < -0.39 is 5.60 Å². The van der Waals surface area contributed by atoms with Crippen LogP contribution in [0.15, 0.2) is 57.4 Å². The van der Waals surface area contributed by atoms with Gasteiger partial charge in [0.05, 0.1) is 24.5 Å². The van der Waals surface area contributed by atoms with Crippen molar-refractivity contribution in [1.82, 2.24) is 0 Å². The minimum atomic E-state index is -0.488. The Labute approximate surface area is 193 Å². The van der Waals surface area contributed by atoms with E-state index in [4.69, 9.17) is 19.0 Å². The zero-order valence-electron chi connectivity index (χ0n) is 18.6. The molecule has 0 amide bonds. The Bertz CT molecular complexity index is 920.